The van der Waals surface area contributed by atoms with E-state index < -0.39 is 10.0 Å². The zero-order valence-electron chi connectivity index (χ0n) is 11.3. The highest BCUT2D eigenvalue weighted by Gasteiger charge is 2.18. The van der Waals surface area contributed by atoms with Crippen LogP contribution in [0.15, 0.2) is 41.9 Å². The molecule has 9 heteroatoms. The summed E-state index contributed by atoms with van der Waals surface area (Å²) in [5.74, 6) is 0. The lowest BCUT2D eigenvalue weighted by atomic mass is 10.3. The van der Waals surface area contributed by atoms with Crippen LogP contribution in [0.1, 0.15) is 12.6 Å². The van der Waals surface area contributed by atoms with Crippen molar-refractivity contribution >= 4 is 27.2 Å². The number of nitrogens with two attached hydrogens (primary N) is 1. The first-order valence-electron chi connectivity index (χ1n) is 6.12. The van der Waals surface area contributed by atoms with Gasteiger partial charge < -0.3 is 10.3 Å². The van der Waals surface area contributed by atoms with Crippen molar-refractivity contribution in [2.45, 2.75) is 24.4 Å². The van der Waals surface area contributed by atoms with Gasteiger partial charge in [-0.2, -0.15) is 0 Å². The van der Waals surface area contributed by atoms with Crippen LogP contribution in [0.4, 0.5) is 0 Å². The van der Waals surface area contributed by atoms with Gasteiger partial charge in [-0.1, -0.05) is 12.2 Å². The minimum Gasteiger partial charge on any atom is -0.388 e. The number of aromatic nitrogens is 3. The molecule has 1 unspecified atom stereocenters. The molecule has 0 aliphatic rings. The Morgan fingerprint density at radius 3 is 2.81 bits per heavy atom. The maximum atomic E-state index is 12.2. The van der Waals surface area contributed by atoms with Crippen molar-refractivity contribution in [1.82, 2.24) is 19.3 Å². The van der Waals surface area contributed by atoms with E-state index in [0.29, 0.717) is 12.2 Å². The summed E-state index contributed by atoms with van der Waals surface area (Å²) in [5, 5.41) is 0. The minimum absolute atomic E-state index is 0.0694. The van der Waals surface area contributed by atoms with Crippen LogP contribution >= 0.6 is 12.2 Å². The number of hydrogen-bond donors (Lipinski definition) is 2. The summed E-state index contributed by atoms with van der Waals surface area (Å²) in [6, 6.07) is 2.62. The largest absolute Gasteiger partial charge is 0.388 e. The Kier molecular flexibility index (Phi) is 4.66. The van der Waals surface area contributed by atoms with Gasteiger partial charge in [-0.15, -0.1) is 0 Å². The van der Waals surface area contributed by atoms with Crippen LogP contribution in [-0.2, 0) is 16.6 Å². The van der Waals surface area contributed by atoms with Crippen molar-refractivity contribution in [1.29, 1.82) is 0 Å². The molecule has 0 aromatic carbocycles. The maximum absolute atomic E-state index is 12.2. The number of rotatable bonds is 6. The summed E-state index contributed by atoms with van der Waals surface area (Å²) in [7, 11) is -3.64. The van der Waals surface area contributed by atoms with Crippen LogP contribution in [-0.4, -0.2) is 34.0 Å². The van der Waals surface area contributed by atoms with Crippen molar-refractivity contribution in [2.24, 2.45) is 5.73 Å². The molecule has 0 bridgehead atoms. The van der Waals surface area contributed by atoms with E-state index in [2.05, 4.69) is 14.7 Å². The highest BCUT2D eigenvalue weighted by Crippen LogP contribution is 2.09. The SMILES string of the molecule is CC(Cn1ccnc1)NS(=O)(=O)c1ccc(C(N)=S)nc1. The Morgan fingerprint density at radius 2 is 2.29 bits per heavy atom. The monoisotopic (exact) mass is 325 g/mol. The van der Waals surface area contributed by atoms with Gasteiger partial charge in [0.25, 0.3) is 0 Å². The third kappa shape index (κ3) is 4.06. The predicted molar refractivity (Wildman–Crippen MR) is 82.1 cm³/mol. The molecule has 0 aliphatic heterocycles. The molecule has 3 N–H and O–H groups in total. The van der Waals surface area contributed by atoms with Gasteiger partial charge in [-0.05, 0) is 19.1 Å². The molecule has 0 spiro atoms. The number of nitrogens with zero attached hydrogens (tertiary/aromatic N) is 3. The van der Waals surface area contributed by atoms with Crippen molar-refractivity contribution in [3.63, 3.8) is 0 Å². The van der Waals surface area contributed by atoms with Crippen LogP contribution in [0.3, 0.4) is 0 Å². The lowest BCUT2D eigenvalue weighted by Gasteiger charge is -2.14. The fourth-order valence-corrected chi connectivity index (χ4v) is 3.07. The zero-order chi connectivity index (χ0) is 15.5. The Bertz CT molecular complexity index is 711. The number of pyridine rings is 1. The van der Waals surface area contributed by atoms with Crippen LogP contribution in [0.25, 0.3) is 0 Å². The molecule has 2 aromatic rings. The lowest BCUT2D eigenvalue weighted by Crippen LogP contribution is -2.35. The number of hydrogen-bond acceptors (Lipinski definition) is 5. The molecule has 2 aromatic heterocycles. The Hall–Kier alpha value is -1.84. The molecule has 21 heavy (non-hydrogen) atoms. The van der Waals surface area contributed by atoms with E-state index in [9.17, 15) is 8.42 Å². The van der Waals surface area contributed by atoms with E-state index in [4.69, 9.17) is 18.0 Å². The van der Waals surface area contributed by atoms with Gasteiger partial charge in [0.2, 0.25) is 10.0 Å². The van der Waals surface area contributed by atoms with E-state index in [1.54, 1.807) is 30.2 Å². The second-order valence-corrected chi connectivity index (χ2v) is 6.68. The second-order valence-electron chi connectivity index (χ2n) is 4.53. The molecule has 0 saturated carbocycles. The van der Waals surface area contributed by atoms with Crippen LogP contribution < -0.4 is 10.5 Å². The van der Waals surface area contributed by atoms with Gasteiger partial charge in [-0.3, -0.25) is 4.98 Å². The van der Waals surface area contributed by atoms with Gasteiger partial charge in [0.05, 0.1) is 12.0 Å². The van der Waals surface area contributed by atoms with Crippen LogP contribution in [0.2, 0.25) is 0 Å². The summed E-state index contributed by atoms with van der Waals surface area (Å²) in [6.07, 6.45) is 6.27. The Labute approximate surface area is 128 Å². The van der Waals surface area contributed by atoms with Gasteiger partial charge in [0, 0.05) is 31.2 Å². The molecule has 1 atom stereocenters. The van der Waals surface area contributed by atoms with Crippen molar-refractivity contribution in [3.8, 4) is 0 Å². The molecule has 0 aliphatic carbocycles. The molecule has 2 heterocycles. The van der Waals surface area contributed by atoms with E-state index in [0.717, 1.165) is 0 Å². The highest BCUT2D eigenvalue weighted by molar-refractivity contribution is 7.89. The molecular weight excluding hydrogens is 310 g/mol. The zero-order valence-corrected chi connectivity index (χ0v) is 12.9. The maximum Gasteiger partial charge on any atom is 0.242 e. The van der Waals surface area contributed by atoms with Crippen molar-refractivity contribution < 1.29 is 8.42 Å². The normalized spacial score (nSPS) is 13.0. The third-order valence-electron chi connectivity index (χ3n) is 2.70. The standard InChI is InChI=1S/C12H15N5O2S2/c1-9(7-17-5-4-14-8-17)16-21(18,19)10-2-3-11(12(13)20)15-6-10/h2-6,8-9,16H,7H2,1H3,(H2,13,20). The van der Waals surface area contributed by atoms with Gasteiger partial charge in [0.1, 0.15) is 9.88 Å². The summed E-state index contributed by atoms with van der Waals surface area (Å²) in [6.45, 7) is 2.26. The fourth-order valence-electron chi connectivity index (χ4n) is 1.77. The number of imidazole rings is 1. The number of thiocarbonyl (C=S) groups is 1. The molecule has 7 nitrogen and oxygen atoms in total. The highest BCUT2D eigenvalue weighted by atomic mass is 32.2. The van der Waals surface area contributed by atoms with E-state index in [1.807, 2.05) is 0 Å². The van der Waals surface area contributed by atoms with E-state index >= 15 is 0 Å². The topological polar surface area (TPSA) is 103 Å². The number of nitrogens with one attached hydrogen (secondary N) is 1. The third-order valence-corrected chi connectivity index (χ3v) is 4.48. The minimum atomic E-state index is -3.64. The van der Waals surface area contributed by atoms with Gasteiger partial charge in [-0.25, -0.2) is 18.1 Å². The van der Waals surface area contributed by atoms with E-state index in [-0.39, 0.29) is 15.9 Å². The van der Waals surface area contributed by atoms with Crippen molar-refractivity contribution in [2.75, 3.05) is 0 Å². The fraction of sp³-hybridized carbons (Fsp3) is 0.250. The lowest BCUT2D eigenvalue weighted by molar-refractivity contribution is 0.520. The molecule has 0 saturated heterocycles. The van der Waals surface area contributed by atoms with Gasteiger partial charge >= 0.3 is 0 Å². The molecule has 112 valence electrons. The summed E-state index contributed by atoms with van der Waals surface area (Å²) in [5.41, 5.74) is 5.81. The summed E-state index contributed by atoms with van der Waals surface area (Å²) in [4.78, 5) is 8.03. The molecular formula is C12H15N5O2S2. The molecule has 0 amide bonds. The average Bonchev–Trinajstić information content (AvgIpc) is 2.90. The van der Waals surface area contributed by atoms with E-state index in [1.165, 1.54) is 18.3 Å². The van der Waals surface area contributed by atoms with Crippen LogP contribution in [0.5, 0.6) is 0 Å². The predicted octanol–water partition coefficient (Wildman–Crippen LogP) is 0.279. The summed E-state index contributed by atoms with van der Waals surface area (Å²) < 4.78 is 28.8. The second kappa shape index (κ2) is 6.29. The van der Waals surface area contributed by atoms with Gasteiger partial charge in [0.15, 0.2) is 0 Å². The first-order valence-corrected chi connectivity index (χ1v) is 8.01. The molecule has 2 rings (SSSR count). The van der Waals surface area contributed by atoms with Crippen LogP contribution in [0, 0.1) is 0 Å². The first kappa shape index (κ1) is 15.5. The smallest absolute Gasteiger partial charge is 0.242 e. The molecule has 0 fully saturated rings. The Balaban J connectivity index is 2.08. The molecule has 0 radical (unpaired) electrons. The summed E-state index contributed by atoms with van der Waals surface area (Å²) >= 11 is 4.77. The first-order chi connectivity index (χ1) is 9.88. The number of sulfonamides is 1. The van der Waals surface area contributed by atoms with Crippen molar-refractivity contribution in [3.05, 3.63) is 42.7 Å². The quantitative estimate of drug-likeness (QED) is 0.740. The Morgan fingerprint density at radius 1 is 1.52 bits per heavy atom. The average molecular weight is 325 g/mol.